The van der Waals surface area contributed by atoms with Crippen molar-refractivity contribution in [3.63, 3.8) is 0 Å². The molecule has 3 N–H and O–H groups in total. The molecule has 1 aliphatic heterocycles. The first-order chi connectivity index (χ1) is 9.86. The number of rotatable bonds is 4. The van der Waals surface area contributed by atoms with Gasteiger partial charge in [0, 0.05) is 41.7 Å². The van der Waals surface area contributed by atoms with Gasteiger partial charge >= 0.3 is 0 Å². The van der Waals surface area contributed by atoms with Gasteiger partial charge in [0.25, 0.3) is 0 Å². The van der Waals surface area contributed by atoms with Crippen LogP contribution in [-0.4, -0.2) is 62.1 Å². The van der Waals surface area contributed by atoms with Crippen molar-refractivity contribution in [2.75, 3.05) is 45.1 Å². The van der Waals surface area contributed by atoms with E-state index in [1.54, 1.807) is 12.1 Å². The van der Waals surface area contributed by atoms with Crippen molar-refractivity contribution in [3.05, 3.63) is 21.1 Å². The maximum absolute atomic E-state index is 12.7. The Balaban J connectivity index is 2.24. The maximum atomic E-state index is 12.7. The van der Waals surface area contributed by atoms with Gasteiger partial charge in [-0.15, -0.1) is 0 Å². The number of nitrogens with two attached hydrogens (primary N) is 1. The SMILES string of the molecule is Nc1cc(Br)cc(Br)c1S(=O)(=O)N1CCN(CCO)CC1. The fourth-order valence-electron chi connectivity index (χ4n) is 2.32. The maximum Gasteiger partial charge on any atom is 0.246 e. The second-order valence-electron chi connectivity index (χ2n) is 4.78. The molecule has 118 valence electrons. The lowest BCUT2D eigenvalue weighted by atomic mass is 10.3. The van der Waals surface area contributed by atoms with Crippen molar-refractivity contribution in [3.8, 4) is 0 Å². The summed E-state index contributed by atoms with van der Waals surface area (Å²) in [5, 5.41) is 8.92. The van der Waals surface area contributed by atoms with Crippen molar-refractivity contribution in [1.29, 1.82) is 0 Å². The van der Waals surface area contributed by atoms with Crippen LogP contribution >= 0.6 is 31.9 Å². The fraction of sp³-hybridized carbons (Fsp3) is 0.500. The van der Waals surface area contributed by atoms with Crippen LogP contribution in [0.4, 0.5) is 5.69 Å². The van der Waals surface area contributed by atoms with Gasteiger partial charge in [-0.05, 0) is 28.1 Å². The second kappa shape index (κ2) is 6.93. The van der Waals surface area contributed by atoms with Gasteiger partial charge in [0.05, 0.1) is 12.3 Å². The molecule has 0 radical (unpaired) electrons. The third-order valence-electron chi connectivity index (χ3n) is 3.38. The van der Waals surface area contributed by atoms with Gasteiger partial charge in [-0.1, -0.05) is 15.9 Å². The summed E-state index contributed by atoms with van der Waals surface area (Å²) in [6.45, 7) is 2.65. The highest BCUT2D eigenvalue weighted by Crippen LogP contribution is 2.33. The number of aliphatic hydroxyl groups is 1. The first-order valence-corrected chi connectivity index (χ1v) is 9.46. The molecule has 21 heavy (non-hydrogen) atoms. The Labute approximate surface area is 141 Å². The zero-order chi connectivity index (χ0) is 15.6. The van der Waals surface area contributed by atoms with Crippen molar-refractivity contribution >= 4 is 47.6 Å². The number of benzene rings is 1. The molecule has 6 nitrogen and oxygen atoms in total. The van der Waals surface area contributed by atoms with Crippen molar-refractivity contribution < 1.29 is 13.5 Å². The number of nitrogens with zero attached hydrogens (tertiary/aromatic N) is 2. The van der Waals surface area contributed by atoms with Crippen LogP contribution in [0.3, 0.4) is 0 Å². The summed E-state index contributed by atoms with van der Waals surface area (Å²) in [7, 11) is -3.63. The molecule has 0 saturated carbocycles. The van der Waals surface area contributed by atoms with Gasteiger partial charge < -0.3 is 10.8 Å². The molecule has 9 heteroatoms. The first kappa shape index (κ1) is 17.2. The van der Waals surface area contributed by atoms with Crippen LogP contribution < -0.4 is 5.73 Å². The molecule has 1 saturated heterocycles. The summed E-state index contributed by atoms with van der Waals surface area (Å²) < 4.78 is 28.1. The zero-order valence-corrected chi connectivity index (χ0v) is 15.3. The molecule has 0 amide bonds. The molecule has 0 atom stereocenters. The highest BCUT2D eigenvalue weighted by atomic mass is 79.9. The van der Waals surface area contributed by atoms with Crippen LogP contribution in [0.1, 0.15) is 0 Å². The standard InChI is InChI=1S/C12H17Br2N3O3S/c13-9-7-10(14)12(11(15)8-9)21(19,20)17-3-1-16(2-4-17)5-6-18/h7-8,18H,1-6,15H2. The van der Waals surface area contributed by atoms with Crippen molar-refractivity contribution in [2.24, 2.45) is 0 Å². The number of aliphatic hydroxyl groups excluding tert-OH is 1. The van der Waals surface area contributed by atoms with Gasteiger partial charge in [-0.25, -0.2) is 8.42 Å². The van der Waals surface area contributed by atoms with Crippen molar-refractivity contribution in [1.82, 2.24) is 9.21 Å². The van der Waals surface area contributed by atoms with Crippen LogP contribution in [0, 0.1) is 0 Å². The lowest BCUT2D eigenvalue weighted by molar-refractivity contribution is 0.151. The quantitative estimate of drug-likeness (QED) is 0.681. The van der Waals surface area contributed by atoms with Crippen LogP contribution in [-0.2, 0) is 10.0 Å². The summed E-state index contributed by atoms with van der Waals surface area (Å²) in [5.41, 5.74) is 6.10. The molecule has 0 unspecified atom stereocenters. The lowest BCUT2D eigenvalue weighted by Gasteiger charge is -2.33. The average molecular weight is 443 g/mol. The van der Waals surface area contributed by atoms with Crippen LogP contribution in [0.5, 0.6) is 0 Å². The average Bonchev–Trinajstić information content (AvgIpc) is 2.38. The molecule has 0 bridgehead atoms. The molecule has 0 aromatic heterocycles. The van der Waals surface area contributed by atoms with E-state index in [-0.39, 0.29) is 17.2 Å². The molecule has 1 aromatic carbocycles. The van der Waals surface area contributed by atoms with E-state index in [2.05, 4.69) is 31.9 Å². The largest absolute Gasteiger partial charge is 0.398 e. The summed E-state index contributed by atoms with van der Waals surface area (Å²) in [4.78, 5) is 2.15. The normalized spacial score (nSPS) is 18.0. The van der Waals surface area contributed by atoms with E-state index in [0.29, 0.717) is 37.2 Å². The number of nitrogen functional groups attached to an aromatic ring is 1. The minimum atomic E-state index is -3.63. The summed E-state index contributed by atoms with van der Waals surface area (Å²) in [6, 6.07) is 3.25. The topological polar surface area (TPSA) is 86.9 Å². The number of hydrogen-bond donors (Lipinski definition) is 2. The lowest BCUT2D eigenvalue weighted by Crippen LogP contribution is -2.49. The molecular formula is C12H17Br2N3O3S. The molecule has 0 aliphatic carbocycles. The molecule has 2 rings (SSSR count). The molecule has 1 heterocycles. The number of piperazine rings is 1. The van der Waals surface area contributed by atoms with Crippen LogP contribution in [0.25, 0.3) is 0 Å². The van der Waals surface area contributed by atoms with E-state index in [1.807, 2.05) is 4.90 Å². The first-order valence-electron chi connectivity index (χ1n) is 6.44. The Morgan fingerprint density at radius 2 is 1.81 bits per heavy atom. The van der Waals surface area contributed by atoms with E-state index in [0.717, 1.165) is 4.47 Å². The molecule has 1 aromatic rings. The number of hydrogen-bond acceptors (Lipinski definition) is 5. The number of halogens is 2. The van der Waals surface area contributed by atoms with Crippen molar-refractivity contribution in [2.45, 2.75) is 4.90 Å². The van der Waals surface area contributed by atoms with E-state index >= 15 is 0 Å². The minimum absolute atomic E-state index is 0.0813. The van der Waals surface area contributed by atoms with E-state index in [1.165, 1.54) is 4.31 Å². The highest BCUT2D eigenvalue weighted by molar-refractivity contribution is 9.11. The minimum Gasteiger partial charge on any atom is -0.398 e. The summed E-state index contributed by atoms with van der Waals surface area (Å²) in [6.07, 6.45) is 0. The monoisotopic (exact) mass is 441 g/mol. The van der Waals surface area contributed by atoms with Gasteiger partial charge in [-0.3, -0.25) is 4.90 Å². The zero-order valence-electron chi connectivity index (χ0n) is 11.3. The van der Waals surface area contributed by atoms with E-state index < -0.39 is 10.0 Å². The Morgan fingerprint density at radius 3 is 2.33 bits per heavy atom. The third-order valence-corrected chi connectivity index (χ3v) is 6.74. The molecule has 1 aliphatic rings. The summed E-state index contributed by atoms with van der Waals surface area (Å²) >= 11 is 6.56. The van der Waals surface area contributed by atoms with Crippen LogP contribution in [0.2, 0.25) is 0 Å². The van der Waals surface area contributed by atoms with Gasteiger partial charge in [-0.2, -0.15) is 4.31 Å². The smallest absolute Gasteiger partial charge is 0.246 e. The number of sulfonamides is 1. The second-order valence-corrected chi connectivity index (χ2v) is 8.42. The highest BCUT2D eigenvalue weighted by Gasteiger charge is 2.31. The Morgan fingerprint density at radius 1 is 1.19 bits per heavy atom. The third kappa shape index (κ3) is 3.77. The van der Waals surface area contributed by atoms with Gasteiger partial charge in [0.1, 0.15) is 4.90 Å². The Kier molecular flexibility index (Phi) is 5.66. The molecule has 1 fully saturated rings. The predicted octanol–water partition coefficient (Wildman–Crippen LogP) is 1.09. The molecule has 0 spiro atoms. The van der Waals surface area contributed by atoms with Crippen LogP contribution in [0.15, 0.2) is 26.0 Å². The number of anilines is 1. The van der Waals surface area contributed by atoms with Gasteiger partial charge in [0.15, 0.2) is 0 Å². The Bertz CT molecular complexity index is 593. The van der Waals surface area contributed by atoms with E-state index in [9.17, 15) is 8.42 Å². The molecular weight excluding hydrogens is 426 g/mol. The predicted molar refractivity (Wildman–Crippen MR) is 88.5 cm³/mol. The fourth-order valence-corrected chi connectivity index (χ4v) is 5.75. The number of β-amino-alcohol motifs (C(OH)–C–C–N with tert-alkyl or cyclic N) is 1. The van der Waals surface area contributed by atoms with Gasteiger partial charge in [0.2, 0.25) is 10.0 Å². The van der Waals surface area contributed by atoms with E-state index in [4.69, 9.17) is 10.8 Å². The summed E-state index contributed by atoms with van der Waals surface area (Å²) in [5.74, 6) is 0. The Hall–Kier alpha value is -0.190.